The SMILES string of the molecule is COc1cccc(CCC(=O)N2CCCC(F)(c3nc(C)no3)C2)c1. The standard InChI is InChI=1S/C18H22FN3O3/c1-13-20-17(25-21-13)18(19)9-4-10-22(12-18)16(23)8-7-14-5-3-6-15(11-14)24-2/h3,5-6,11H,4,7-10,12H2,1-2H3. The second-order valence-electron chi connectivity index (χ2n) is 6.38. The molecule has 1 saturated heterocycles. The molecule has 1 unspecified atom stereocenters. The third kappa shape index (κ3) is 3.97. The van der Waals surface area contributed by atoms with Crippen molar-refractivity contribution in [2.75, 3.05) is 20.2 Å². The van der Waals surface area contributed by atoms with Crippen LogP contribution in [0.2, 0.25) is 0 Å². The normalized spacial score (nSPS) is 20.5. The Morgan fingerprint density at radius 3 is 3.04 bits per heavy atom. The van der Waals surface area contributed by atoms with Crippen LogP contribution in [0.1, 0.15) is 36.5 Å². The molecule has 0 aliphatic carbocycles. The maximum Gasteiger partial charge on any atom is 0.266 e. The molecule has 1 amide bonds. The molecule has 6 nitrogen and oxygen atoms in total. The lowest BCUT2D eigenvalue weighted by Gasteiger charge is -2.35. The van der Waals surface area contributed by atoms with Crippen LogP contribution in [0.25, 0.3) is 0 Å². The summed E-state index contributed by atoms with van der Waals surface area (Å²) in [5.41, 5.74) is -0.741. The highest BCUT2D eigenvalue weighted by atomic mass is 19.1. The van der Waals surface area contributed by atoms with E-state index in [1.165, 1.54) is 0 Å². The zero-order valence-electron chi connectivity index (χ0n) is 14.5. The van der Waals surface area contributed by atoms with Gasteiger partial charge in [0.25, 0.3) is 5.89 Å². The van der Waals surface area contributed by atoms with Gasteiger partial charge in [-0.05, 0) is 43.9 Å². The molecule has 25 heavy (non-hydrogen) atoms. The van der Waals surface area contributed by atoms with E-state index in [-0.39, 0.29) is 24.8 Å². The van der Waals surface area contributed by atoms with Gasteiger partial charge in [0.15, 0.2) is 5.82 Å². The Labute approximate surface area is 146 Å². The van der Waals surface area contributed by atoms with Crippen molar-refractivity contribution in [3.63, 3.8) is 0 Å². The van der Waals surface area contributed by atoms with Crippen LogP contribution in [0, 0.1) is 6.92 Å². The number of nitrogens with zero attached hydrogens (tertiary/aromatic N) is 3. The van der Waals surface area contributed by atoms with Crippen LogP contribution in [0.3, 0.4) is 0 Å². The number of carbonyl (C=O) groups excluding carboxylic acids is 1. The van der Waals surface area contributed by atoms with Gasteiger partial charge in [-0.1, -0.05) is 17.3 Å². The first-order chi connectivity index (χ1) is 12.0. The highest BCUT2D eigenvalue weighted by Crippen LogP contribution is 2.34. The van der Waals surface area contributed by atoms with Gasteiger partial charge in [0.2, 0.25) is 11.6 Å². The minimum absolute atomic E-state index is 0.0321. The molecule has 0 radical (unpaired) electrons. The molecular weight excluding hydrogens is 325 g/mol. The first-order valence-corrected chi connectivity index (χ1v) is 8.40. The Morgan fingerprint density at radius 1 is 1.48 bits per heavy atom. The molecular formula is C18H22FN3O3. The third-order valence-corrected chi connectivity index (χ3v) is 4.47. The zero-order valence-corrected chi connectivity index (χ0v) is 14.5. The van der Waals surface area contributed by atoms with Gasteiger partial charge in [-0.3, -0.25) is 4.79 Å². The van der Waals surface area contributed by atoms with E-state index in [0.717, 1.165) is 11.3 Å². The van der Waals surface area contributed by atoms with Crippen molar-refractivity contribution in [2.45, 2.75) is 38.3 Å². The van der Waals surface area contributed by atoms with E-state index in [9.17, 15) is 4.79 Å². The van der Waals surface area contributed by atoms with Gasteiger partial charge in [0.1, 0.15) is 5.75 Å². The molecule has 2 aromatic rings. The minimum Gasteiger partial charge on any atom is -0.497 e. The van der Waals surface area contributed by atoms with Crippen LogP contribution in [0.4, 0.5) is 4.39 Å². The first kappa shape index (κ1) is 17.4. The van der Waals surface area contributed by atoms with Gasteiger partial charge in [0.05, 0.1) is 13.7 Å². The van der Waals surface area contributed by atoms with Gasteiger partial charge in [-0.2, -0.15) is 4.98 Å². The molecule has 0 N–H and O–H groups in total. The quantitative estimate of drug-likeness (QED) is 0.832. The van der Waals surface area contributed by atoms with Crippen LogP contribution in [-0.4, -0.2) is 41.1 Å². The fraction of sp³-hybridized carbons (Fsp3) is 0.500. The van der Waals surface area contributed by atoms with Crippen LogP contribution in [-0.2, 0) is 16.9 Å². The van der Waals surface area contributed by atoms with Crippen molar-refractivity contribution in [2.24, 2.45) is 0 Å². The summed E-state index contributed by atoms with van der Waals surface area (Å²) in [7, 11) is 1.61. The number of alkyl halides is 1. The van der Waals surface area contributed by atoms with E-state index in [1.54, 1.807) is 18.9 Å². The minimum atomic E-state index is -1.76. The fourth-order valence-corrected chi connectivity index (χ4v) is 3.11. The maximum absolute atomic E-state index is 15.2. The van der Waals surface area contributed by atoms with Crippen molar-refractivity contribution in [1.29, 1.82) is 0 Å². The number of halogens is 1. The van der Waals surface area contributed by atoms with E-state index in [4.69, 9.17) is 9.26 Å². The van der Waals surface area contributed by atoms with Crippen LogP contribution < -0.4 is 4.74 Å². The molecule has 0 spiro atoms. The average Bonchev–Trinajstić information content (AvgIpc) is 3.07. The summed E-state index contributed by atoms with van der Waals surface area (Å²) in [5, 5.41) is 3.66. The Morgan fingerprint density at radius 2 is 2.32 bits per heavy atom. The van der Waals surface area contributed by atoms with E-state index >= 15 is 4.39 Å². The number of rotatable bonds is 5. The largest absolute Gasteiger partial charge is 0.497 e. The number of methoxy groups -OCH3 is 1. The lowest BCUT2D eigenvalue weighted by molar-refractivity contribution is -0.136. The topological polar surface area (TPSA) is 68.5 Å². The molecule has 2 heterocycles. The number of aromatic nitrogens is 2. The van der Waals surface area contributed by atoms with Gasteiger partial charge < -0.3 is 14.2 Å². The van der Waals surface area contributed by atoms with E-state index in [1.807, 2.05) is 24.3 Å². The monoisotopic (exact) mass is 347 g/mol. The molecule has 1 aliphatic rings. The summed E-state index contributed by atoms with van der Waals surface area (Å²) in [6, 6.07) is 7.61. The number of hydrogen-bond acceptors (Lipinski definition) is 5. The van der Waals surface area contributed by atoms with Crippen LogP contribution >= 0.6 is 0 Å². The van der Waals surface area contributed by atoms with Crippen LogP contribution in [0.5, 0.6) is 5.75 Å². The lowest BCUT2D eigenvalue weighted by Crippen LogP contribution is -2.46. The number of aryl methyl sites for hydroxylation is 2. The summed E-state index contributed by atoms with van der Waals surface area (Å²) in [4.78, 5) is 18.1. The summed E-state index contributed by atoms with van der Waals surface area (Å²) in [5.74, 6) is 1.06. The highest BCUT2D eigenvalue weighted by Gasteiger charge is 2.43. The molecule has 134 valence electrons. The number of hydrogen-bond donors (Lipinski definition) is 0. The number of carbonyl (C=O) groups is 1. The fourth-order valence-electron chi connectivity index (χ4n) is 3.11. The van der Waals surface area contributed by atoms with Gasteiger partial charge >= 0.3 is 0 Å². The Hall–Kier alpha value is -2.44. The van der Waals surface area contributed by atoms with Crippen molar-refractivity contribution >= 4 is 5.91 Å². The molecule has 3 rings (SSSR count). The van der Waals surface area contributed by atoms with Crippen molar-refractivity contribution in [1.82, 2.24) is 15.0 Å². The summed E-state index contributed by atoms with van der Waals surface area (Å²) in [6.45, 7) is 2.16. The lowest BCUT2D eigenvalue weighted by atomic mass is 9.94. The highest BCUT2D eigenvalue weighted by molar-refractivity contribution is 5.76. The van der Waals surface area contributed by atoms with Gasteiger partial charge in [0, 0.05) is 13.0 Å². The number of likely N-dealkylation sites (tertiary alicyclic amines) is 1. The predicted octanol–water partition coefficient (Wildman–Crippen LogP) is 2.81. The molecule has 1 aromatic heterocycles. The molecule has 1 aromatic carbocycles. The Balaban J connectivity index is 1.62. The smallest absolute Gasteiger partial charge is 0.266 e. The van der Waals surface area contributed by atoms with Crippen molar-refractivity contribution < 1.29 is 18.4 Å². The van der Waals surface area contributed by atoms with Gasteiger partial charge in [-0.25, -0.2) is 4.39 Å². The summed E-state index contributed by atoms with van der Waals surface area (Å²) < 4.78 is 25.4. The Bertz CT molecular complexity index is 749. The third-order valence-electron chi connectivity index (χ3n) is 4.47. The number of ether oxygens (including phenoxy) is 1. The van der Waals surface area contributed by atoms with Crippen LogP contribution in [0.15, 0.2) is 28.8 Å². The molecule has 1 fully saturated rings. The molecule has 0 bridgehead atoms. The number of benzene rings is 1. The zero-order chi connectivity index (χ0) is 17.9. The average molecular weight is 347 g/mol. The van der Waals surface area contributed by atoms with E-state index in [0.29, 0.717) is 31.6 Å². The second-order valence-corrected chi connectivity index (χ2v) is 6.38. The maximum atomic E-state index is 15.2. The Kier molecular flexibility index (Phi) is 5.01. The number of piperidine rings is 1. The van der Waals surface area contributed by atoms with E-state index < -0.39 is 5.67 Å². The molecule has 0 saturated carbocycles. The number of amides is 1. The molecule has 7 heteroatoms. The van der Waals surface area contributed by atoms with E-state index in [2.05, 4.69) is 10.1 Å². The molecule has 1 aliphatic heterocycles. The predicted molar refractivity (Wildman–Crippen MR) is 89.0 cm³/mol. The summed E-state index contributed by atoms with van der Waals surface area (Å²) in [6.07, 6.45) is 1.77. The van der Waals surface area contributed by atoms with Gasteiger partial charge in [-0.15, -0.1) is 0 Å². The van der Waals surface area contributed by atoms with Crippen molar-refractivity contribution in [3.05, 3.63) is 41.5 Å². The first-order valence-electron chi connectivity index (χ1n) is 8.40. The molecule has 1 atom stereocenters. The summed E-state index contributed by atoms with van der Waals surface area (Å²) >= 11 is 0. The van der Waals surface area contributed by atoms with Crippen molar-refractivity contribution in [3.8, 4) is 5.75 Å². The second kappa shape index (κ2) is 7.21.